The van der Waals surface area contributed by atoms with E-state index in [1.807, 2.05) is 11.8 Å². The number of alkyl halides is 2. The molecule has 12 heteroatoms. The Morgan fingerprint density at radius 1 is 1.26 bits per heavy atom. The van der Waals surface area contributed by atoms with Crippen molar-refractivity contribution >= 4 is 23.7 Å². The summed E-state index contributed by atoms with van der Waals surface area (Å²) in [5, 5.41) is 8.57. The summed E-state index contributed by atoms with van der Waals surface area (Å²) in [6, 6.07) is 1.65. The summed E-state index contributed by atoms with van der Waals surface area (Å²) in [6.45, 7) is 3.78. The van der Waals surface area contributed by atoms with E-state index in [1.165, 1.54) is 15.4 Å². The smallest absolute Gasteiger partial charge is 0.282 e. The Kier molecular flexibility index (Phi) is 6.22. The number of amides is 1. The molecule has 1 amide bonds. The number of ether oxygens (including phenoxy) is 1. The number of hydrogen-bond acceptors (Lipinski definition) is 7. The molecule has 0 spiro atoms. The van der Waals surface area contributed by atoms with Crippen molar-refractivity contribution in [3.63, 3.8) is 0 Å². The quantitative estimate of drug-likeness (QED) is 0.531. The van der Waals surface area contributed by atoms with Gasteiger partial charge in [-0.05, 0) is 38.7 Å². The van der Waals surface area contributed by atoms with E-state index in [9.17, 15) is 18.4 Å². The second-order valence-electron chi connectivity index (χ2n) is 9.18. The molecule has 2 fully saturated rings. The largest absolute Gasteiger partial charge is 0.375 e. The lowest BCUT2D eigenvalue weighted by molar-refractivity contribution is -0.112. The van der Waals surface area contributed by atoms with Gasteiger partial charge in [0.05, 0.1) is 24.3 Å². The molecular formula is C23H27F2N7O3. The van der Waals surface area contributed by atoms with Gasteiger partial charge in [-0.2, -0.15) is 10.2 Å². The van der Waals surface area contributed by atoms with Crippen molar-refractivity contribution in [2.75, 3.05) is 24.6 Å². The number of carbonyl (C=O) groups excluding carboxylic acids is 2. The van der Waals surface area contributed by atoms with Gasteiger partial charge in [-0.3, -0.25) is 9.48 Å². The molecule has 35 heavy (non-hydrogen) atoms. The van der Waals surface area contributed by atoms with Gasteiger partial charge in [0, 0.05) is 31.4 Å². The fourth-order valence-corrected chi connectivity index (χ4v) is 4.98. The van der Waals surface area contributed by atoms with Crippen molar-refractivity contribution in [1.29, 1.82) is 0 Å². The number of fused-ring (bicyclic) bond motifs is 1. The standard InChI is InChI=1S/C23H27F2N7O3/c1-13-10-30(8-9-35-13)17-6-7-31-23(27-17)18(22(26)34)19(28-31)16-11-32(29-20(16)21(24)25)15-4-2-14(12-33)3-5-15/h6-7,11-15,21H,2-5,8-10H2,1H3,(H2,26,34)/t13-,14?,15?/m1/s1. The summed E-state index contributed by atoms with van der Waals surface area (Å²) in [6.07, 6.45) is 3.92. The average molecular weight is 488 g/mol. The van der Waals surface area contributed by atoms with E-state index < -0.39 is 18.0 Å². The second-order valence-corrected chi connectivity index (χ2v) is 9.18. The fourth-order valence-electron chi connectivity index (χ4n) is 4.98. The van der Waals surface area contributed by atoms with Crippen LogP contribution in [0.4, 0.5) is 14.6 Å². The average Bonchev–Trinajstić information content (AvgIpc) is 3.46. The summed E-state index contributed by atoms with van der Waals surface area (Å²) in [4.78, 5) is 30.2. The minimum absolute atomic E-state index is 0.00881. The van der Waals surface area contributed by atoms with E-state index in [1.54, 1.807) is 12.3 Å². The summed E-state index contributed by atoms with van der Waals surface area (Å²) in [7, 11) is 0. The van der Waals surface area contributed by atoms with Crippen LogP contribution in [0.2, 0.25) is 0 Å². The minimum Gasteiger partial charge on any atom is -0.375 e. The maximum absolute atomic E-state index is 14.0. The maximum atomic E-state index is 14.0. The molecule has 10 nitrogen and oxygen atoms in total. The molecule has 1 saturated heterocycles. The molecule has 0 unspecified atom stereocenters. The van der Waals surface area contributed by atoms with Crippen molar-refractivity contribution in [3.8, 4) is 11.3 Å². The summed E-state index contributed by atoms with van der Waals surface area (Å²) in [5.74, 6) is -0.196. The Morgan fingerprint density at radius 2 is 2.03 bits per heavy atom. The molecule has 1 aliphatic carbocycles. The number of primary amides is 1. The van der Waals surface area contributed by atoms with Crippen molar-refractivity contribution in [1.82, 2.24) is 24.4 Å². The highest BCUT2D eigenvalue weighted by Crippen LogP contribution is 2.37. The third-order valence-electron chi connectivity index (χ3n) is 6.81. The fraction of sp³-hybridized carbons (Fsp3) is 0.522. The van der Waals surface area contributed by atoms with Gasteiger partial charge in [0.15, 0.2) is 5.65 Å². The Bertz CT molecular complexity index is 1250. The molecule has 0 aromatic carbocycles. The van der Waals surface area contributed by atoms with Crippen LogP contribution in [0, 0.1) is 5.92 Å². The molecule has 186 valence electrons. The first kappa shape index (κ1) is 23.3. The van der Waals surface area contributed by atoms with Crippen LogP contribution >= 0.6 is 0 Å². The third-order valence-corrected chi connectivity index (χ3v) is 6.81. The number of anilines is 1. The van der Waals surface area contributed by atoms with E-state index in [0.29, 0.717) is 51.2 Å². The van der Waals surface area contributed by atoms with Gasteiger partial charge in [-0.1, -0.05) is 0 Å². The van der Waals surface area contributed by atoms with Crippen LogP contribution in [0.25, 0.3) is 16.9 Å². The van der Waals surface area contributed by atoms with E-state index in [4.69, 9.17) is 10.5 Å². The van der Waals surface area contributed by atoms with Gasteiger partial charge in [0.25, 0.3) is 12.3 Å². The zero-order valence-corrected chi connectivity index (χ0v) is 19.3. The third kappa shape index (κ3) is 4.38. The molecule has 3 aromatic heterocycles. The van der Waals surface area contributed by atoms with Crippen LogP contribution in [-0.4, -0.2) is 62.4 Å². The van der Waals surface area contributed by atoms with Gasteiger partial charge >= 0.3 is 0 Å². The predicted molar refractivity (Wildman–Crippen MR) is 122 cm³/mol. The van der Waals surface area contributed by atoms with E-state index >= 15 is 0 Å². The zero-order chi connectivity index (χ0) is 24.7. The molecule has 1 aliphatic heterocycles. The van der Waals surface area contributed by atoms with Gasteiger partial charge in [0.1, 0.15) is 29.1 Å². The minimum atomic E-state index is -2.87. The van der Waals surface area contributed by atoms with Crippen molar-refractivity contribution in [2.45, 2.75) is 51.2 Å². The number of rotatable bonds is 6. The summed E-state index contributed by atoms with van der Waals surface area (Å²) in [5.41, 5.74) is 5.50. The molecule has 2 N–H and O–H groups in total. The number of nitrogens with two attached hydrogens (primary N) is 1. The van der Waals surface area contributed by atoms with Gasteiger partial charge in [-0.25, -0.2) is 18.3 Å². The molecular weight excluding hydrogens is 460 g/mol. The first-order valence-electron chi connectivity index (χ1n) is 11.7. The lowest BCUT2D eigenvalue weighted by atomic mass is 9.87. The van der Waals surface area contributed by atoms with Crippen molar-refractivity contribution in [3.05, 3.63) is 29.7 Å². The molecule has 1 atom stereocenters. The maximum Gasteiger partial charge on any atom is 0.282 e. The van der Waals surface area contributed by atoms with Crippen LogP contribution < -0.4 is 10.6 Å². The lowest BCUT2D eigenvalue weighted by Gasteiger charge is -2.31. The lowest BCUT2D eigenvalue weighted by Crippen LogP contribution is -2.41. The number of halogens is 2. The number of aldehydes is 1. The normalized spacial score (nSPS) is 23.2. The summed E-state index contributed by atoms with van der Waals surface area (Å²) >= 11 is 0. The van der Waals surface area contributed by atoms with Crippen LogP contribution in [0.5, 0.6) is 0 Å². The molecule has 2 aliphatic rings. The summed E-state index contributed by atoms with van der Waals surface area (Å²) < 4.78 is 36.5. The molecule has 0 radical (unpaired) electrons. The monoisotopic (exact) mass is 487 g/mol. The number of nitrogens with zero attached hydrogens (tertiary/aromatic N) is 6. The Morgan fingerprint density at radius 3 is 2.69 bits per heavy atom. The van der Waals surface area contributed by atoms with Crippen LogP contribution in [0.15, 0.2) is 18.5 Å². The number of hydrogen-bond donors (Lipinski definition) is 1. The Balaban J connectivity index is 1.57. The van der Waals surface area contributed by atoms with Gasteiger partial charge in [-0.15, -0.1) is 0 Å². The molecule has 5 rings (SSSR count). The topological polar surface area (TPSA) is 121 Å². The molecule has 3 aromatic rings. The van der Waals surface area contributed by atoms with E-state index in [-0.39, 0.29) is 40.5 Å². The molecule has 0 bridgehead atoms. The van der Waals surface area contributed by atoms with E-state index in [0.717, 1.165) is 6.29 Å². The van der Waals surface area contributed by atoms with Crippen LogP contribution in [0.1, 0.15) is 61.1 Å². The first-order valence-corrected chi connectivity index (χ1v) is 11.7. The highest BCUT2D eigenvalue weighted by atomic mass is 19.3. The first-order chi connectivity index (χ1) is 16.9. The SMILES string of the molecule is C[C@@H]1CN(c2ccn3nc(-c4cn(C5CCC(C=O)CC5)nc4C(F)F)c(C(N)=O)c3n2)CCO1. The highest BCUT2D eigenvalue weighted by molar-refractivity contribution is 6.05. The van der Waals surface area contributed by atoms with Crippen molar-refractivity contribution in [2.24, 2.45) is 11.7 Å². The Labute approximate surface area is 200 Å². The van der Waals surface area contributed by atoms with Gasteiger partial charge in [0.2, 0.25) is 0 Å². The Hall–Kier alpha value is -3.41. The van der Waals surface area contributed by atoms with E-state index in [2.05, 4.69) is 15.2 Å². The molecule has 4 heterocycles. The number of carbonyl (C=O) groups is 2. The zero-order valence-electron chi connectivity index (χ0n) is 19.3. The van der Waals surface area contributed by atoms with Crippen LogP contribution in [0.3, 0.4) is 0 Å². The predicted octanol–water partition coefficient (Wildman–Crippen LogP) is 2.78. The number of morpholine rings is 1. The molecule has 1 saturated carbocycles. The second kappa shape index (κ2) is 9.33. The van der Waals surface area contributed by atoms with Crippen molar-refractivity contribution < 1.29 is 23.1 Å². The number of aromatic nitrogens is 5. The van der Waals surface area contributed by atoms with Crippen LogP contribution in [-0.2, 0) is 9.53 Å². The highest BCUT2D eigenvalue weighted by Gasteiger charge is 2.31. The van der Waals surface area contributed by atoms with Gasteiger partial charge < -0.3 is 20.2 Å².